The molecular weight excluding hydrogens is 751 g/mol. The minimum Gasteiger partial charge on any atom is -0.456 e. The standard InChI is InChI=1S/C60H41NO/c1-4-18-42(19-5-1)43-34-36-44(37-35-43)45-38-40-48(41-39-45)61(56-31-17-33-58-60(56)54-27-13-15-32-57(54)62-58)55-30-14-12-25-51(55)53-29-16-28-50(47-22-8-3-9-23-47)59(53)52-26-11-10-24-49(52)46-20-6-2-7-21-46/h1-41H. The maximum absolute atomic E-state index is 6.52. The Morgan fingerprint density at radius 1 is 0.258 bits per heavy atom. The van der Waals surface area contributed by atoms with Gasteiger partial charge in [0.15, 0.2) is 0 Å². The van der Waals surface area contributed by atoms with Crippen molar-refractivity contribution in [3.05, 3.63) is 249 Å². The molecule has 0 amide bonds. The number of fused-ring (bicyclic) bond motifs is 3. The Morgan fingerprint density at radius 2 is 0.694 bits per heavy atom. The van der Waals surface area contributed by atoms with Gasteiger partial charge in [-0.1, -0.05) is 212 Å². The second-order valence-electron chi connectivity index (χ2n) is 15.6. The van der Waals surface area contributed by atoms with Crippen molar-refractivity contribution in [2.45, 2.75) is 0 Å². The van der Waals surface area contributed by atoms with Gasteiger partial charge < -0.3 is 9.32 Å². The number of nitrogens with zero attached hydrogens (tertiary/aromatic N) is 1. The van der Waals surface area contributed by atoms with Crippen LogP contribution in [0.1, 0.15) is 0 Å². The van der Waals surface area contributed by atoms with E-state index in [1.165, 1.54) is 50.1 Å². The average molecular weight is 792 g/mol. The molecule has 2 heteroatoms. The minimum absolute atomic E-state index is 0.852. The summed E-state index contributed by atoms with van der Waals surface area (Å²) in [6.45, 7) is 0. The number of anilines is 3. The molecule has 0 aliphatic carbocycles. The lowest BCUT2D eigenvalue weighted by atomic mass is 9.84. The largest absolute Gasteiger partial charge is 0.456 e. The topological polar surface area (TPSA) is 16.4 Å². The molecule has 0 aliphatic heterocycles. The number of para-hydroxylation sites is 2. The summed E-state index contributed by atoms with van der Waals surface area (Å²) in [6.07, 6.45) is 0. The molecule has 11 aromatic rings. The van der Waals surface area contributed by atoms with Crippen molar-refractivity contribution in [3.63, 3.8) is 0 Å². The number of benzene rings is 10. The Balaban J connectivity index is 1.13. The van der Waals surface area contributed by atoms with Crippen LogP contribution in [0.2, 0.25) is 0 Å². The highest BCUT2D eigenvalue weighted by atomic mass is 16.3. The normalized spacial score (nSPS) is 11.2. The van der Waals surface area contributed by atoms with Crippen LogP contribution in [-0.4, -0.2) is 0 Å². The lowest BCUT2D eigenvalue weighted by Gasteiger charge is -2.29. The van der Waals surface area contributed by atoms with Gasteiger partial charge >= 0.3 is 0 Å². The van der Waals surface area contributed by atoms with Crippen LogP contribution >= 0.6 is 0 Å². The van der Waals surface area contributed by atoms with E-state index < -0.39 is 0 Å². The molecule has 0 spiro atoms. The van der Waals surface area contributed by atoms with Crippen molar-refractivity contribution in [3.8, 4) is 66.8 Å². The van der Waals surface area contributed by atoms with Crippen LogP contribution in [-0.2, 0) is 0 Å². The first-order chi connectivity index (χ1) is 30.8. The zero-order valence-electron chi connectivity index (χ0n) is 34.0. The van der Waals surface area contributed by atoms with Crippen LogP contribution in [0.25, 0.3) is 88.7 Å². The fraction of sp³-hybridized carbons (Fsp3) is 0. The summed E-state index contributed by atoms with van der Waals surface area (Å²) in [7, 11) is 0. The minimum atomic E-state index is 0.852. The SMILES string of the molecule is c1ccc(-c2ccc(-c3ccc(N(c4ccccc4-c4cccc(-c5ccccc5)c4-c4ccccc4-c4ccccc4)c4cccc5oc6ccccc6c45)cc3)cc2)cc1. The molecule has 0 atom stereocenters. The van der Waals surface area contributed by atoms with Gasteiger partial charge in [-0.2, -0.15) is 0 Å². The molecule has 292 valence electrons. The van der Waals surface area contributed by atoms with Gasteiger partial charge in [0.25, 0.3) is 0 Å². The number of hydrogen-bond acceptors (Lipinski definition) is 2. The smallest absolute Gasteiger partial charge is 0.137 e. The van der Waals surface area contributed by atoms with Gasteiger partial charge in [-0.05, 0) is 97.6 Å². The Hall–Kier alpha value is -8.20. The number of hydrogen-bond donors (Lipinski definition) is 0. The molecule has 10 aromatic carbocycles. The molecular formula is C60H41NO. The van der Waals surface area contributed by atoms with E-state index in [-0.39, 0.29) is 0 Å². The van der Waals surface area contributed by atoms with Gasteiger partial charge in [-0.15, -0.1) is 0 Å². The van der Waals surface area contributed by atoms with Gasteiger partial charge in [0, 0.05) is 16.6 Å². The molecule has 2 nitrogen and oxygen atoms in total. The van der Waals surface area contributed by atoms with E-state index in [4.69, 9.17) is 4.42 Å². The lowest BCUT2D eigenvalue weighted by molar-refractivity contribution is 0.669. The monoisotopic (exact) mass is 791 g/mol. The summed E-state index contributed by atoms with van der Waals surface area (Å²) < 4.78 is 6.52. The van der Waals surface area contributed by atoms with Gasteiger partial charge in [-0.3, -0.25) is 0 Å². The van der Waals surface area contributed by atoms with Crippen LogP contribution in [0.3, 0.4) is 0 Å². The van der Waals surface area contributed by atoms with E-state index in [0.717, 1.165) is 55.7 Å². The van der Waals surface area contributed by atoms with E-state index in [1.54, 1.807) is 0 Å². The Labute approximate surface area is 362 Å². The summed E-state index contributed by atoms with van der Waals surface area (Å²) in [5.74, 6) is 0. The average Bonchev–Trinajstić information content (AvgIpc) is 3.75. The third kappa shape index (κ3) is 6.74. The van der Waals surface area contributed by atoms with E-state index in [2.05, 4.69) is 248 Å². The third-order valence-corrected chi connectivity index (χ3v) is 11.9. The van der Waals surface area contributed by atoms with Crippen molar-refractivity contribution >= 4 is 39.0 Å². The maximum atomic E-state index is 6.52. The Bertz CT molecular complexity index is 3310. The van der Waals surface area contributed by atoms with Crippen molar-refractivity contribution in [1.82, 2.24) is 0 Å². The van der Waals surface area contributed by atoms with E-state index in [1.807, 2.05) is 6.07 Å². The Morgan fingerprint density at radius 3 is 1.37 bits per heavy atom. The molecule has 1 aromatic heterocycles. The van der Waals surface area contributed by atoms with E-state index in [0.29, 0.717) is 0 Å². The van der Waals surface area contributed by atoms with Crippen molar-refractivity contribution in [2.75, 3.05) is 4.90 Å². The second kappa shape index (κ2) is 16.1. The maximum Gasteiger partial charge on any atom is 0.137 e. The summed E-state index contributed by atoms with van der Waals surface area (Å²) in [6, 6.07) is 89.1. The van der Waals surface area contributed by atoms with E-state index in [9.17, 15) is 0 Å². The first kappa shape index (κ1) is 36.8. The molecule has 0 N–H and O–H groups in total. The van der Waals surface area contributed by atoms with Gasteiger partial charge in [0.1, 0.15) is 11.2 Å². The number of furan rings is 1. The molecule has 0 saturated carbocycles. The highest BCUT2D eigenvalue weighted by Crippen LogP contribution is 2.50. The Kier molecular flexibility index (Phi) is 9.57. The predicted molar refractivity (Wildman–Crippen MR) is 261 cm³/mol. The molecule has 0 fully saturated rings. The molecule has 1 heterocycles. The van der Waals surface area contributed by atoms with Crippen LogP contribution in [0.15, 0.2) is 253 Å². The fourth-order valence-corrected chi connectivity index (χ4v) is 9.03. The summed E-state index contributed by atoms with van der Waals surface area (Å²) in [5, 5.41) is 2.16. The van der Waals surface area contributed by atoms with E-state index >= 15 is 0 Å². The van der Waals surface area contributed by atoms with Crippen LogP contribution in [0, 0.1) is 0 Å². The summed E-state index contributed by atoms with van der Waals surface area (Å²) in [5.41, 5.74) is 19.0. The van der Waals surface area contributed by atoms with Crippen LogP contribution < -0.4 is 4.90 Å². The molecule has 62 heavy (non-hydrogen) atoms. The summed E-state index contributed by atoms with van der Waals surface area (Å²) >= 11 is 0. The van der Waals surface area contributed by atoms with Crippen LogP contribution in [0.4, 0.5) is 17.1 Å². The molecule has 11 rings (SSSR count). The lowest BCUT2D eigenvalue weighted by Crippen LogP contribution is -2.12. The zero-order chi connectivity index (χ0) is 41.2. The third-order valence-electron chi connectivity index (χ3n) is 11.9. The van der Waals surface area contributed by atoms with Gasteiger partial charge in [0.2, 0.25) is 0 Å². The van der Waals surface area contributed by atoms with Crippen molar-refractivity contribution in [1.29, 1.82) is 0 Å². The second-order valence-corrected chi connectivity index (χ2v) is 15.6. The molecule has 0 aliphatic rings. The molecule has 0 unspecified atom stereocenters. The number of rotatable bonds is 9. The predicted octanol–water partition coefficient (Wildman–Crippen LogP) is 17.1. The molecule has 0 bridgehead atoms. The van der Waals surface area contributed by atoms with Gasteiger partial charge in [-0.25, -0.2) is 0 Å². The molecule has 0 saturated heterocycles. The van der Waals surface area contributed by atoms with Crippen molar-refractivity contribution in [2.24, 2.45) is 0 Å². The van der Waals surface area contributed by atoms with Crippen molar-refractivity contribution < 1.29 is 4.42 Å². The molecule has 0 radical (unpaired) electrons. The fourth-order valence-electron chi connectivity index (χ4n) is 9.03. The highest BCUT2D eigenvalue weighted by molar-refractivity contribution is 6.14. The quantitative estimate of drug-likeness (QED) is 0.145. The van der Waals surface area contributed by atoms with Crippen LogP contribution in [0.5, 0.6) is 0 Å². The highest BCUT2D eigenvalue weighted by Gasteiger charge is 2.25. The first-order valence-corrected chi connectivity index (χ1v) is 21.2. The zero-order valence-corrected chi connectivity index (χ0v) is 34.0. The van der Waals surface area contributed by atoms with Gasteiger partial charge in [0.05, 0.1) is 16.8 Å². The first-order valence-electron chi connectivity index (χ1n) is 21.2. The summed E-state index contributed by atoms with van der Waals surface area (Å²) in [4.78, 5) is 2.42.